The average Bonchev–Trinajstić information content (AvgIpc) is 3.72. The molecule has 2 aliphatic rings. The van der Waals surface area contributed by atoms with Crippen molar-refractivity contribution in [3.8, 4) is 5.75 Å². The molecule has 1 fully saturated rings. The first-order chi connectivity index (χ1) is 19.0. The Kier molecular flexibility index (Phi) is 6.84. The van der Waals surface area contributed by atoms with Crippen molar-refractivity contribution < 1.29 is 18.7 Å². The van der Waals surface area contributed by atoms with Crippen LogP contribution < -0.4 is 10.1 Å². The number of pyridine rings is 1. The number of amides is 2. The van der Waals surface area contributed by atoms with E-state index in [0.29, 0.717) is 24.7 Å². The van der Waals surface area contributed by atoms with Crippen molar-refractivity contribution in [2.45, 2.75) is 45.4 Å². The summed E-state index contributed by atoms with van der Waals surface area (Å²) in [5.41, 5.74) is 5.67. The second-order valence-electron chi connectivity index (χ2n) is 10.2. The number of carbonyl (C=O) groups is 2. The molecule has 0 spiro atoms. The number of benzene rings is 2. The number of ether oxygens (including phenoxy) is 1. The lowest BCUT2D eigenvalue weighted by Gasteiger charge is -2.38. The number of fused-ring (bicyclic) bond motifs is 1. The Bertz CT molecular complexity index is 1480. The quantitative estimate of drug-likeness (QED) is 0.358. The van der Waals surface area contributed by atoms with Crippen molar-refractivity contribution in [2.24, 2.45) is 5.92 Å². The van der Waals surface area contributed by atoms with E-state index in [-0.39, 0.29) is 36.1 Å². The highest BCUT2D eigenvalue weighted by Gasteiger charge is 2.39. The molecule has 2 aromatic heterocycles. The lowest BCUT2D eigenvalue weighted by Crippen LogP contribution is -2.41. The Morgan fingerprint density at radius 3 is 2.74 bits per heavy atom. The Balaban J connectivity index is 1.17. The summed E-state index contributed by atoms with van der Waals surface area (Å²) in [5.74, 6) is 1.03. The van der Waals surface area contributed by atoms with Gasteiger partial charge in [0.2, 0.25) is 11.8 Å². The average molecular weight is 523 g/mol. The first kappa shape index (κ1) is 24.9. The van der Waals surface area contributed by atoms with E-state index < -0.39 is 0 Å². The molecule has 39 heavy (non-hydrogen) atoms. The van der Waals surface area contributed by atoms with E-state index in [0.717, 1.165) is 36.0 Å². The van der Waals surface area contributed by atoms with E-state index in [2.05, 4.69) is 52.5 Å². The van der Waals surface area contributed by atoms with Crippen LogP contribution in [0.1, 0.15) is 63.1 Å². The zero-order chi connectivity index (χ0) is 26.8. The number of rotatable bonds is 8. The summed E-state index contributed by atoms with van der Waals surface area (Å²) in [6, 6.07) is 18.0. The molecule has 1 saturated carbocycles. The van der Waals surface area contributed by atoms with Gasteiger partial charge in [0.25, 0.3) is 5.91 Å². The first-order valence-corrected chi connectivity index (χ1v) is 13.3. The molecule has 2 amide bonds. The van der Waals surface area contributed by atoms with Gasteiger partial charge in [-0.25, -0.2) is 4.98 Å². The summed E-state index contributed by atoms with van der Waals surface area (Å²) in [5, 5.41) is 2.81. The Labute approximate surface area is 227 Å². The molecule has 3 heterocycles. The second kappa shape index (κ2) is 10.7. The Hall–Kier alpha value is -4.46. The minimum Gasteiger partial charge on any atom is -0.484 e. The predicted octanol–water partition coefficient (Wildman–Crippen LogP) is 4.77. The number of hydrogen-bond acceptors (Lipinski definition) is 6. The molecular weight excluding hydrogens is 492 g/mol. The maximum absolute atomic E-state index is 13.2. The third-order valence-electron chi connectivity index (χ3n) is 7.27. The van der Waals surface area contributed by atoms with Crippen LogP contribution in [0.25, 0.3) is 0 Å². The fourth-order valence-corrected chi connectivity index (χ4v) is 5.00. The van der Waals surface area contributed by atoms with E-state index >= 15 is 0 Å². The molecule has 198 valence electrons. The van der Waals surface area contributed by atoms with Crippen LogP contribution in [0, 0.1) is 12.8 Å². The SMILES string of the molecule is Cc1ccc([C@@H]2c3cc(OCc4nc(C(=O)NCc5cccnc5)co4)ccc3CCN2C(=O)C2CC2)cc1. The molecule has 1 aliphatic carbocycles. The number of aromatic nitrogens is 2. The van der Waals surface area contributed by atoms with E-state index in [1.165, 1.54) is 17.4 Å². The zero-order valence-corrected chi connectivity index (χ0v) is 21.8. The molecule has 1 N–H and O–H groups in total. The van der Waals surface area contributed by atoms with Crippen LogP contribution in [0.3, 0.4) is 0 Å². The maximum atomic E-state index is 13.2. The normalized spacial score (nSPS) is 16.4. The van der Waals surface area contributed by atoms with Gasteiger partial charge < -0.3 is 19.4 Å². The number of aryl methyl sites for hydroxylation is 1. The standard InChI is InChI=1S/C31H30N4O4/c1-20-4-6-23(7-5-20)29-26-15-25(11-10-22(26)12-14-35(29)31(37)24-8-9-24)38-19-28-34-27(18-39-28)30(36)33-17-21-3-2-13-32-16-21/h2-7,10-11,13,15-16,18,24,29H,8-9,12,14,17,19H2,1H3,(H,33,36)/t29-/m1/s1. The van der Waals surface area contributed by atoms with Crippen LogP contribution in [0.2, 0.25) is 0 Å². The van der Waals surface area contributed by atoms with Gasteiger partial charge in [0.15, 0.2) is 12.3 Å². The number of nitrogens with zero attached hydrogens (tertiary/aromatic N) is 3. The van der Waals surface area contributed by atoms with Gasteiger partial charge in [-0.15, -0.1) is 0 Å². The van der Waals surface area contributed by atoms with Crippen molar-refractivity contribution in [3.63, 3.8) is 0 Å². The molecule has 2 aromatic carbocycles. The second-order valence-corrected chi connectivity index (χ2v) is 10.2. The van der Waals surface area contributed by atoms with Crippen molar-refractivity contribution in [1.82, 2.24) is 20.2 Å². The molecule has 8 heteroatoms. The number of oxazole rings is 1. The Morgan fingerprint density at radius 1 is 1.13 bits per heavy atom. The van der Waals surface area contributed by atoms with Crippen LogP contribution >= 0.6 is 0 Å². The number of hydrogen-bond donors (Lipinski definition) is 1. The van der Waals surface area contributed by atoms with E-state index in [1.54, 1.807) is 12.4 Å². The van der Waals surface area contributed by atoms with Crippen LogP contribution in [0.5, 0.6) is 5.75 Å². The summed E-state index contributed by atoms with van der Waals surface area (Å²) in [4.78, 5) is 36.1. The van der Waals surface area contributed by atoms with Gasteiger partial charge >= 0.3 is 0 Å². The first-order valence-electron chi connectivity index (χ1n) is 13.3. The molecular formula is C31H30N4O4. The summed E-state index contributed by atoms with van der Waals surface area (Å²) in [6.45, 7) is 3.21. The molecule has 8 nitrogen and oxygen atoms in total. The largest absolute Gasteiger partial charge is 0.484 e. The van der Waals surface area contributed by atoms with Crippen LogP contribution in [-0.2, 0) is 24.4 Å². The lowest BCUT2D eigenvalue weighted by atomic mass is 9.87. The van der Waals surface area contributed by atoms with Crippen molar-refractivity contribution in [3.05, 3.63) is 113 Å². The molecule has 4 aromatic rings. The number of carbonyl (C=O) groups excluding carboxylic acids is 2. The molecule has 0 radical (unpaired) electrons. The van der Waals surface area contributed by atoms with E-state index in [4.69, 9.17) is 9.15 Å². The maximum Gasteiger partial charge on any atom is 0.273 e. The van der Waals surface area contributed by atoms with Crippen molar-refractivity contribution >= 4 is 11.8 Å². The fourth-order valence-electron chi connectivity index (χ4n) is 5.00. The van der Waals surface area contributed by atoms with Crippen molar-refractivity contribution in [2.75, 3.05) is 6.54 Å². The van der Waals surface area contributed by atoms with Gasteiger partial charge in [-0.1, -0.05) is 42.0 Å². The van der Waals surface area contributed by atoms with Gasteiger partial charge in [-0.3, -0.25) is 14.6 Å². The fraction of sp³-hybridized carbons (Fsp3) is 0.290. The van der Waals surface area contributed by atoms with Gasteiger partial charge in [0, 0.05) is 31.4 Å². The van der Waals surface area contributed by atoms with Crippen LogP contribution in [0.4, 0.5) is 0 Å². The minimum absolute atomic E-state index is 0.0780. The highest BCUT2D eigenvalue weighted by atomic mass is 16.5. The van der Waals surface area contributed by atoms with Crippen molar-refractivity contribution in [1.29, 1.82) is 0 Å². The highest BCUT2D eigenvalue weighted by molar-refractivity contribution is 5.91. The molecule has 0 unspecified atom stereocenters. The lowest BCUT2D eigenvalue weighted by molar-refractivity contribution is -0.134. The minimum atomic E-state index is -0.330. The monoisotopic (exact) mass is 522 g/mol. The molecule has 0 bridgehead atoms. The molecule has 6 rings (SSSR count). The third kappa shape index (κ3) is 5.55. The van der Waals surface area contributed by atoms with Gasteiger partial charge in [-0.05, 0) is 66.6 Å². The topological polar surface area (TPSA) is 97.6 Å². The van der Waals surface area contributed by atoms with Gasteiger partial charge in [0.05, 0.1) is 6.04 Å². The summed E-state index contributed by atoms with van der Waals surface area (Å²) in [6.07, 6.45) is 7.49. The highest BCUT2D eigenvalue weighted by Crippen LogP contribution is 2.41. The third-order valence-corrected chi connectivity index (χ3v) is 7.27. The number of nitrogens with one attached hydrogen (secondary N) is 1. The summed E-state index contributed by atoms with van der Waals surface area (Å²) >= 11 is 0. The predicted molar refractivity (Wildman–Crippen MR) is 144 cm³/mol. The Morgan fingerprint density at radius 2 is 1.97 bits per heavy atom. The van der Waals surface area contributed by atoms with Gasteiger partial charge in [-0.2, -0.15) is 0 Å². The summed E-state index contributed by atoms with van der Waals surface area (Å²) in [7, 11) is 0. The molecule has 1 aliphatic heterocycles. The summed E-state index contributed by atoms with van der Waals surface area (Å²) < 4.78 is 11.5. The smallest absolute Gasteiger partial charge is 0.273 e. The van der Waals surface area contributed by atoms with Gasteiger partial charge in [0.1, 0.15) is 12.0 Å². The molecule has 0 saturated heterocycles. The zero-order valence-electron chi connectivity index (χ0n) is 21.8. The van der Waals surface area contributed by atoms with E-state index in [1.807, 2.05) is 29.2 Å². The molecule has 1 atom stereocenters. The van der Waals surface area contributed by atoms with Crippen LogP contribution in [0.15, 0.2) is 77.7 Å². The van der Waals surface area contributed by atoms with E-state index in [9.17, 15) is 9.59 Å². The van der Waals surface area contributed by atoms with Crippen LogP contribution in [-0.4, -0.2) is 33.2 Å².